The van der Waals surface area contributed by atoms with Gasteiger partial charge in [0.05, 0.1) is 10.9 Å². The van der Waals surface area contributed by atoms with E-state index < -0.39 is 10.0 Å². The number of hydrogen-bond acceptors (Lipinski definition) is 4. The fraction of sp³-hybridized carbons (Fsp3) is 0.688. The van der Waals surface area contributed by atoms with Gasteiger partial charge in [-0.3, -0.25) is 9.88 Å². The molecule has 0 amide bonds. The Morgan fingerprint density at radius 3 is 2.86 bits per heavy atom. The summed E-state index contributed by atoms with van der Waals surface area (Å²) < 4.78 is 26.4. The van der Waals surface area contributed by atoms with Gasteiger partial charge in [0, 0.05) is 25.8 Å². The number of sulfonamides is 1. The van der Waals surface area contributed by atoms with Crippen LogP contribution in [0, 0.1) is 5.92 Å². The van der Waals surface area contributed by atoms with Crippen LogP contribution in [0.2, 0.25) is 0 Å². The Kier molecular flexibility index (Phi) is 5.10. The first-order valence-electron chi connectivity index (χ1n) is 8.24. The number of pyridine rings is 1. The van der Waals surface area contributed by atoms with Crippen molar-refractivity contribution in [2.75, 3.05) is 19.6 Å². The van der Waals surface area contributed by atoms with Gasteiger partial charge in [0.1, 0.15) is 0 Å². The van der Waals surface area contributed by atoms with Crippen LogP contribution >= 0.6 is 0 Å². The zero-order chi connectivity index (χ0) is 15.4. The predicted octanol–water partition coefficient (Wildman–Crippen LogP) is 1.77. The van der Waals surface area contributed by atoms with Crippen LogP contribution in [-0.4, -0.2) is 43.2 Å². The van der Waals surface area contributed by atoms with E-state index in [1.165, 1.54) is 12.8 Å². The van der Waals surface area contributed by atoms with Gasteiger partial charge in [-0.15, -0.1) is 0 Å². The largest absolute Gasteiger partial charge is 0.297 e. The molecule has 6 heteroatoms. The quantitative estimate of drug-likeness (QED) is 0.830. The van der Waals surface area contributed by atoms with Crippen LogP contribution < -0.4 is 4.72 Å². The first-order valence-corrected chi connectivity index (χ1v) is 9.79. The molecule has 2 aliphatic rings. The third-order valence-electron chi connectivity index (χ3n) is 4.53. The molecule has 0 aromatic carbocycles. The van der Waals surface area contributed by atoms with E-state index in [1.54, 1.807) is 0 Å². The minimum Gasteiger partial charge on any atom is -0.297 e. The number of nitrogens with one attached hydrogen (secondary N) is 1. The molecule has 5 nitrogen and oxygen atoms in total. The summed E-state index contributed by atoms with van der Waals surface area (Å²) in [6.45, 7) is 3.63. The van der Waals surface area contributed by atoms with E-state index in [0.29, 0.717) is 12.5 Å². The maximum Gasteiger partial charge on any atom is 0.214 e. The lowest BCUT2D eigenvalue weighted by molar-refractivity contribution is 0.161. The number of piperidine rings is 1. The van der Waals surface area contributed by atoms with Gasteiger partial charge in [-0.05, 0) is 56.7 Å². The van der Waals surface area contributed by atoms with Crippen LogP contribution in [0.3, 0.4) is 0 Å². The molecular weight excluding hydrogens is 298 g/mol. The van der Waals surface area contributed by atoms with E-state index in [0.717, 1.165) is 44.6 Å². The molecule has 2 fully saturated rings. The fourth-order valence-corrected chi connectivity index (χ4v) is 4.55. The first-order chi connectivity index (χ1) is 10.6. The third kappa shape index (κ3) is 4.51. The molecule has 0 unspecified atom stereocenters. The van der Waals surface area contributed by atoms with E-state index >= 15 is 0 Å². The molecule has 1 aliphatic carbocycles. The zero-order valence-electron chi connectivity index (χ0n) is 12.9. The topological polar surface area (TPSA) is 62.3 Å². The number of rotatable bonds is 7. The molecule has 2 heterocycles. The van der Waals surface area contributed by atoms with E-state index in [4.69, 9.17) is 0 Å². The Balaban J connectivity index is 1.42. The third-order valence-corrected chi connectivity index (χ3v) is 6.49. The van der Waals surface area contributed by atoms with Crippen LogP contribution in [0.25, 0.3) is 0 Å². The van der Waals surface area contributed by atoms with Gasteiger partial charge in [-0.25, -0.2) is 13.1 Å². The van der Waals surface area contributed by atoms with Crippen LogP contribution in [0.5, 0.6) is 0 Å². The molecule has 0 radical (unpaired) electrons. The van der Waals surface area contributed by atoms with Gasteiger partial charge in [-0.1, -0.05) is 6.07 Å². The molecule has 1 saturated carbocycles. The molecule has 1 atom stereocenters. The van der Waals surface area contributed by atoms with Gasteiger partial charge in [0.15, 0.2) is 0 Å². The van der Waals surface area contributed by atoms with Crippen molar-refractivity contribution in [3.63, 3.8) is 0 Å². The lowest BCUT2D eigenvalue weighted by atomic mass is 9.95. The lowest BCUT2D eigenvalue weighted by Crippen LogP contribution is -2.37. The van der Waals surface area contributed by atoms with Crippen molar-refractivity contribution in [3.05, 3.63) is 30.1 Å². The number of likely N-dealkylation sites (tertiary alicyclic amines) is 1. The minimum absolute atomic E-state index is 0.112. The molecular formula is C16H25N3O2S. The molecule has 0 spiro atoms. The normalized spacial score (nSPS) is 23.5. The van der Waals surface area contributed by atoms with Crippen LogP contribution in [0.4, 0.5) is 0 Å². The van der Waals surface area contributed by atoms with E-state index in [-0.39, 0.29) is 5.25 Å². The highest BCUT2D eigenvalue weighted by molar-refractivity contribution is 7.90. The summed E-state index contributed by atoms with van der Waals surface area (Å²) >= 11 is 0. The number of hydrogen-bond donors (Lipinski definition) is 1. The smallest absolute Gasteiger partial charge is 0.214 e. The summed E-state index contributed by atoms with van der Waals surface area (Å²) in [5.74, 6) is 0.583. The average Bonchev–Trinajstić information content (AvgIpc) is 3.34. The molecule has 1 aromatic rings. The zero-order valence-corrected chi connectivity index (χ0v) is 13.8. The van der Waals surface area contributed by atoms with Crippen molar-refractivity contribution < 1.29 is 8.42 Å². The maximum absolute atomic E-state index is 11.8. The van der Waals surface area contributed by atoms with Crippen molar-refractivity contribution in [1.29, 1.82) is 0 Å². The highest BCUT2D eigenvalue weighted by Crippen LogP contribution is 2.27. The highest BCUT2D eigenvalue weighted by atomic mass is 32.2. The lowest BCUT2D eigenvalue weighted by Gasteiger charge is -2.32. The molecule has 3 rings (SSSR count). The van der Waals surface area contributed by atoms with Gasteiger partial charge >= 0.3 is 0 Å². The van der Waals surface area contributed by atoms with E-state index in [9.17, 15) is 8.42 Å². The minimum atomic E-state index is -3.02. The number of aromatic nitrogens is 1. The van der Waals surface area contributed by atoms with Gasteiger partial charge in [-0.2, -0.15) is 0 Å². The fourth-order valence-electron chi connectivity index (χ4n) is 3.15. The summed E-state index contributed by atoms with van der Waals surface area (Å²) in [5, 5.41) is -0.112. The monoisotopic (exact) mass is 323 g/mol. The summed E-state index contributed by atoms with van der Waals surface area (Å²) in [4.78, 5) is 6.82. The Morgan fingerprint density at radius 2 is 2.14 bits per heavy atom. The van der Waals surface area contributed by atoms with E-state index in [2.05, 4.69) is 20.7 Å². The molecule has 1 aromatic heterocycles. The van der Waals surface area contributed by atoms with Crippen molar-refractivity contribution in [3.8, 4) is 0 Å². The maximum atomic E-state index is 11.8. The molecule has 1 aliphatic heterocycles. The number of nitrogens with zero attached hydrogens (tertiary/aromatic N) is 2. The molecule has 122 valence electrons. The van der Waals surface area contributed by atoms with Crippen molar-refractivity contribution >= 4 is 10.0 Å². The van der Waals surface area contributed by atoms with Crippen LogP contribution in [0.15, 0.2) is 24.4 Å². The molecule has 22 heavy (non-hydrogen) atoms. The summed E-state index contributed by atoms with van der Waals surface area (Å²) in [6.07, 6.45) is 6.82. The second-order valence-corrected chi connectivity index (χ2v) is 8.54. The second-order valence-electron chi connectivity index (χ2n) is 6.49. The predicted molar refractivity (Wildman–Crippen MR) is 86.8 cm³/mol. The Hall–Kier alpha value is -0.980. The Labute approximate surface area is 133 Å². The molecule has 1 saturated heterocycles. The van der Waals surface area contributed by atoms with Crippen LogP contribution in [0.1, 0.15) is 37.8 Å². The summed E-state index contributed by atoms with van der Waals surface area (Å²) in [7, 11) is -3.02. The standard InChI is InChI=1S/C16H25N3O2S/c20-22(21,16-6-7-16)18-10-8-14-4-3-11-19(12-14)13-15-5-1-2-9-17-15/h1-2,5,9,14,16,18H,3-4,6-8,10-13H2/t14-/m0/s1. The van der Waals surface area contributed by atoms with Crippen molar-refractivity contribution in [2.24, 2.45) is 5.92 Å². The van der Waals surface area contributed by atoms with Crippen LogP contribution in [-0.2, 0) is 16.6 Å². The van der Waals surface area contributed by atoms with Gasteiger partial charge in [0.25, 0.3) is 0 Å². The SMILES string of the molecule is O=S(=O)(NCC[C@@H]1CCCN(Cc2ccccn2)C1)C1CC1. The summed E-state index contributed by atoms with van der Waals surface area (Å²) in [5.41, 5.74) is 1.11. The average molecular weight is 323 g/mol. The molecule has 1 N–H and O–H groups in total. The Morgan fingerprint density at radius 1 is 1.27 bits per heavy atom. The van der Waals surface area contributed by atoms with Gasteiger partial charge < -0.3 is 0 Å². The van der Waals surface area contributed by atoms with Crippen molar-refractivity contribution in [1.82, 2.24) is 14.6 Å². The van der Waals surface area contributed by atoms with E-state index in [1.807, 2.05) is 18.3 Å². The van der Waals surface area contributed by atoms with Gasteiger partial charge in [0.2, 0.25) is 10.0 Å². The highest BCUT2D eigenvalue weighted by Gasteiger charge is 2.35. The Bertz CT molecular complexity index is 572. The first kappa shape index (κ1) is 15.9. The molecule has 0 bridgehead atoms. The van der Waals surface area contributed by atoms with Crippen molar-refractivity contribution in [2.45, 2.75) is 43.9 Å². The second kappa shape index (κ2) is 7.06. The summed E-state index contributed by atoms with van der Waals surface area (Å²) in [6, 6.07) is 6.03.